The van der Waals surface area contributed by atoms with Crippen LogP contribution in [0.4, 0.5) is 0 Å². The summed E-state index contributed by atoms with van der Waals surface area (Å²) in [4.78, 5) is 40.2. The highest BCUT2D eigenvalue weighted by Gasteiger charge is 2.27. The topological polar surface area (TPSA) is 114 Å². The molecule has 484 valence electrons. The molecule has 0 radical (unpaired) electrons. The molecule has 0 aromatic carbocycles. The molecule has 0 saturated heterocycles. The lowest BCUT2D eigenvalue weighted by molar-refractivity contribution is -0.870. The number of phosphoric acid groups is 1. The van der Waals surface area contributed by atoms with Crippen LogP contribution in [0.25, 0.3) is 0 Å². The van der Waals surface area contributed by atoms with E-state index in [4.69, 9.17) is 13.8 Å². The molecule has 3 unspecified atom stereocenters. The van der Waals surface area contributed by atoms with Gasteiger partial charge in [-0.2, -0.15) is 0 Å². The van der Waals surface area contributed by atoms with E-state index in [9.17, 15) is 19.0 Å². The smallest absolute Gasteiger partial charge is 0.306 e. The van der Waals surface area contributed by atoms with Crippen molar-refractivity contribution in [2.24, 2.45) is 0 Å². The van der Waals surface area contributed by atoms with Crippen LogP contribution in [0.15, 0.2) is 36.5 Å². The first kappa shape index (κ1) is 80.2. The molecule has 0 aromatic rings. The second kappa shape index (κ2) is 62.3. The number of hydrogen-bond acceptors (Lipinski definition) is 7. The number of unbranched alkanes of at least 4 members (excludes halogenated alkanes) is 46. The number of carbonyl (C=O) groups is 2. The normalized spacial score (nSPS) is 13.7. The third-order valence-electron chi connectivity index (χ3n) is 16.3. The zero-order valence-electron chi connectivity index (χ0n) is 55.5. The monoisotopic (exact) mass is 1180 g/mol. The number of quaternary nitrogens is 1. The van der Waals surface area contributed by atoms with Gasteiger partial charge in [0.05, 0.1) is 33.8 Å². The maximum absolute atomic E-state index is 13.6. The van der Waals surface area contributed by atoms with Gasteiger partial charge < -0.3 is 28.5 Å². The van der Waals surface area contributed by atoms with Crippen molar-refractivity contribution in [3.8, 4) is 0 Å². The predicted molar refractivity (Wildman–Crippen MR) is 353 cm³/mol. The van der Waals surface area contributed by atoms with E-state index in [1.54, 1.807) is 0 Å². The Morgan fingerprint density at radius 3 is 1.04 bits per heavy atom. The minimum atomic E-state index is -4.70. The van der Waals surface area contributed by atoms with Gasteiger partial charge in [-0.25, -0.2) is 0 Å². The molecule has 9 nitrogen and oxygen atoms in total. The van der Waals surface area contributed by atoms with Gasteiger partial charge in [0.15, 0.2) is 0 Å². The summed E-state index contributed by atoms with van der Waals surface area (Å²) in [5.41, 5.74) is 0. The van der Waals surface area contributed by atoms with Gasteiger partial charge >= 0.3 is 5.97 Å². The number of allylic oxidation sites excluding steroid dienone is 5. The van der Waals surface area contributed by atoms with Crippen molar-refractivity contribution < 1.29 is 37.3 Å². The van der Waals surface area contributed by atoms with Gasteiger partial charge in [0.25, 0.3) is 7.82 Å². The average Bonchev–Trinajstić information content (AvgIpc) is 3.44. The van der Waals surface area contributed by atoms with Crippen LogP contribution in [0.3, 0.4) is 0 Å². The number of esters is 1. The molecule has 0 aliphatic rings. The first-order valence-electron chi connectivity index (χ1n) is 35.8. The lowest BCUT2D eigenvalue weighted by atomic mass is 10.0. The van der Waals surface area contributed by atoms with Gasteiger partial charge in [0.1, 0.15) is 19.3 Å². The van der Waals surface area contributed by atoms with E-state index >= 15 is 0 Å². The lowest BCUT2D eigenvalue weighted by Crippen LogP contribution is -2.47. The first-order valence-corrected chi connectivity index (χ1v) is 37.3. The van der Waals surface area contributed by atoms with Crippen LogP contribution in [0, 0.1) is 0 Å². The second-order valence-corrected chi connectivity index (χ2v) is 27.1. The summed E-state index contributed by atoms with van der Waals surface area (Å²) in [6.45, 7) is 6.89. The van der Waals surface area contributed by atoms with Crippen molar-refractivity contribution in [1.82, 2.24) is 5.32 Å². The van der Waals surface area contributed by atoms with Crippen molar-refractivity contribution in [1.29, 1.82) is 0 Å². The molecule has 1 N–H and O–H groups in total. The maximum atomic E-state index is 13.6. The molecule has 0 rings (SSSR count). The van der Waals surface area contributed by atoms with Crippen molar-refractivity contribution >= 4 is 19.7 Å². The molecule has 3 atom stereocenters. The van der Waals surface area contributed by atoms with Gasteiger partial charge in [-0.15, -0.1) is 0 Å². The van der Waals surface area contributed by atoms with Crippen molar-refractivity contribution in [3.05, 3.63) is 36.5 Å². The molecule has 0 saturated carbocycles. The number of nitrogens with one attached hydrogen (secondary N) is 1. The Kier molecular flexibility index (Phi) is 60.9. The number of likely N-dealkylation sites (N-methyl/N-ethyl adjacent to an activating group) is 1. The molecule has 1 amide bonds. The number of nitrogens with zero attached hydrogens (tertiary/aromatic N) is 1. The molecular formula is C72H139N2O7P. The Hall–Kier alpha value is -1.77. The number of phosphoric ester groups is 1. The van der Waals surface area contributed by atoms with Crippen LogP contribution < -0.4 is 10.2 Å². The maximum Gasteiger partial charge on any atom is 0.306 e. The number of amides is 1. The van der Waals surface area contributed by atoms with Gasteiger partial charge in [0, 0.05) is 12.8 Å². The van der Waals surface area contributed by atoms with Gasteiger partial charge in [-0.3, -0.25) is 14.2 Å². The van der Waals surface area contributed by atoms with E-state index in [0.717, 1.165) is 57.8 Å². The Balaban J connectivity index is 5.02. The Labute approximate surface area is 510 Å². The van der Waals surface area contributed by atoms with Crippen LogP contribution in [0.5, 0.6) is 0 Å². The highest BCUT2D eigenvalue weighted by atomic mass is 31.2. The molecule has 10 heteroatoms. The zero-order valence-corrected chi connectivity index (χ0v) is 56.4. The Bertz CT molecular complexity index is 1500. The van der Waals surface area contributed by atoms with Gasteiger partial charge in [0.2, 0.25) is 5.91 Å². The third kappa shape index (κ3) is 62.8. The number of ether oxygens (including phenoxy) is 1. The van der Waals surface area contributed by atoms with E-state index in [1.165, 1.54) is 270 Å². The molecule has 0 fully saturated rings. The second-order valence-electron chi connectivity index (χ2n) is 25.7. The minimum absolute atomic E-state index is 0.0200. The summed E-state index contributed by atoms with van der Waals surface area (Å²) < 4.78 is 30.4. The molecule has 0 aromatic heterocycles. The van der Waals surface area contributed by atoms with Crippen LogP contribution >= 0.6 is 7.82 Å². The molecule has 0 bridgehead atoms. The van der Waals surface area contributed by atoms with Crippen molar-refractivity contribution in [3.63, 3.8) is 0 Å². The number of hydrogen-bond donors (Lipinski definition) is 1. The summed E-state index contributed by atoms with van der Waals surface area (Å²) in [5, 5.41) is 3.05. The summed E-state index contributed by atoms with van der Waals surface area (Å²) in [5.74, 6) is -0.525. The largest absolute Gasteiger partial charge is 0.756 e. The van der Waals surface area contributed by atoms with Gasteiger partial charge in [-0.05, 0) is 83.1 Å². The summed E-state index contributed by atoms with van der Waals surface area (Å²) in [6, 6.07) is -0.886. The molecule has 0 aliphatic heterocycles. The fraction of sp³-hybridized carbons (Fsp3) is 0.889. The molecular weight excluding hydrogens is 1040 g/mol. The summed E-state index contributed by atoms with van der Waals surface area (Å²) in [7, 11) is 1.20. The van der Waals surface area contributed by atoms with Crippen LogP contribution in [0.2, 0.25) is 0 Å². The predicted octanol–water partition coefficient (Wildman–Crippen LogP) is 22.0. The highest BCUT2D eigenvalue weighted by Crippen LogP contribution is 2.38. The summed E-state index contributed by atoms with van der Waals surface area (Å²) >= 11 is 0. The average molecular weight is 1180 g/mol. The molecule has 0 heterocycles. The van der Waals surface area contributed by atoms with Crippen molar-refractivity contribution in [2.75, 3.05) is 40.9 Å². The van der Waals surface area contributed by atoms with E-state index in [0.29, 0.717) is 17.4 Å². The van der Waals surface area contributed by atoms with Gasteiger partial charge in [-0.1, -0.05) is 302 Å². The first-order chi connectivity index (χ1) is 39.9. The number of carbonyl (C=O) groups excluding carboxylic acids is 2. The SMILES string of the molecule is CCCCCCCC/C=C/CCCCCCCCCCCCCCCCCC(=O)NC(COP(=O)([O-])OCC[N+](C)(C)C)C(/C=C\CCCCCCCCCCCC)OC(=O)CCCCCCCCCCC/C=C/CCCCCCCC. The fourth-order valence-electron chi connectivity index (χ4n) is 10.8. The van der Waals surface area contributed by atoms with Crippen LogP contribution in [0.1, 0.15) is 361 Å². The van der Waals surface area contributed by atoms with E-state index in [-0.39, 0.29) is 31.5 Å². The van der Waals surface area contributed by atoms with Crippen molar-refractivity contribution in [2.45, 2.75) is 373 Å². The third-order valence-corrected chi connectivity index (χ3v) is 17.3. The standard InChI is InChI=1S/C72H139N2O7P/c1-7-10-13-16-19-22-25-28-30-32-34-35-36-37-38-39-41-42-44-46-49-52-55-58-61-64-71(75)73-69(68-80-82(77,78)79-67-66-74(4,5)6)70(63-60-57-54-51-48-27-24-21-18-15-12-9-3)81-72(76)65-62-59-56-53-50-47-45-43-40-33-31-29-26-23-20-17-14-11-8-2/h28-31,60,63,69-70H,7-27,32-59,61-62,64-68H2,1-6H3,(H-,73,75,77,78)/b30-28+,31-29+,63-60-. The Morgan fingerprint density at radius 1 is 0.415 bits per heavy atom. The highest BCUT2D eigenvalue weighted by molar-refractivity contribution is 7.45. The Morgan fingerprint density at radius 2 is 0.707 bits per heavy atom. The van der Waals surface area contributed by atoms with E-state index < -0.39 is 20.0 Å². The summed E-state index contributed by atoms with van der Waals surface area (Å²) in [6.07, 6.45) is 77.0. The molecule has 0 aliphatic carbocycles. The lowest BCUT2D eigenvalue weighted by Gasteiger charge is -2.30. The van der Waals surface area contributed by atoms with Crippen LogP contribution in [-0.4, -0.2) is 69.4 Å². The van der Waals surface area contributed by atoms with E-state index in [1.807, 2.05) is 33.3 Å². The van der Waals surface area contributed by atoms with E-state index in [2.05, 4.69) is 50.4 Å². The number of rotatable bonds is 66. The van der Waals surface area contributed by atoms with Crippen LogP contribution in [-0.2, 0) is 27.9 Å². The molecule has 0 spiro atoms. The fourth-order valence-corrected chi connectivity index (χ4v) is 11.5. The zero-order chi connectivity index (χ0) is 60.0. The molecule has 82 heavy (non-hydrogen) atoms. The quantitative estimate of drug-likeness (QED) is 0.0212. The minimum Gasteiger partial charge on any atom is -0.756 e.